The van der Waals surface area contributed by atoms with E-state index in [-0.39, 0.29) is 5.69 Å². The minimum Gasteiger partial charge on any atom is -0.550 e. The second-order valence-corrected chi connectivity index (χ2v) is 5.38. The van der Waals surface area contributed by atoms with E-state index in [2.05, 4.69) is 5.32 Å². The Morgan fingerprint density at radius 2 is 1.77 bits per heavy atom. The van der Waals surface area contributed by atoms with Gasteiger partial charge in [-0.2, -0.15) is 13.2 Å². The molecule has 1 N–H and O–H groups in total. The molecule has 7 heteroatoms. The molecule has 1 amide bonds. The predicted octanol–water partition coefficient (Wildman–Crippen LogP) is 2.20. The standard InChI is InChI=1S/C15H16F3NO3/c16-15(17,18)9-4-3-5-10(8-9)19-13(20)11-6-1-2-7-12(11)14(21)22/h3-5,8,11-12H,1-2,6-7H2,(H,19,20)(H,21,22)/p-1/t11-,12+/m0/s1. The Morgan fingerprint density at radius 1 is 1.14 bits per heavy atom. The molecular weight excluding hydrogens is 299 g/mol. The summed E-state index contributed by atoms with van der Waals surface area (Å²) in [5, 5.41) is 13.4. The Kier molecular flexibility index (Phi) is 4.73. The molecule has 120 valence electrons. The maximum absolute atomic E-state index is 12.6. The maximum Gasteiger partial charge on any atom is 0.416 e. The normalized spacial score (nSPS) is 22.1. The first-order valence-electron chi connectivity index (χ1n) is 6.98. The summed E-state index contributed by atoms with van der Waals surface area (Å²) < 4.78 is 37.9. The van der Waals surface area contributed by atoms with Gasteiger partial charge >= 0.3 is 6.18 Å². The number of carboxylic acids is 1. The van der Waals surface area contributed by atoms with E-state index in [9.17, 15) is 27.9 Å². The summed E-state index contributed by atoms with van der Waals surface area (Å²) in [7, 11) is 0. The van der Waals surface area contributed by atoms with Crippen molar-refractivity contribution in [3.8, 4) is 0 Å². The molecule has 0 heterocycles. The van der Waals surface area contributed by atoms with E-state index in [1.807, 2.05) is 0 Å². The number of carboxylic acid groups (broad SMARTS) is 1. The van der Waals surface area contributed by atoms with E-state index in [1.165, 1.54) is 12.1 Å². The van der Waals surface area contributed by atoms with Crippen LogP contribution in [0.3, 0.4) is 0 Å². The number of anilines is 1. The highest BCUT2D eigenvalue weighted by atomic mass is 19.4. The van der Waals surface area contributed by atoms with Crippen LogP contribution in [0.25, 0.3) is 0 Å². The molecule has 2 atom stereocenters. The monoisotopic (exact) mass is 314 g/mol. The van der Waals surface area contributed by atoms with Crippen LogP contribution in [-0.4, -0.2) is 11.9 Å². The third-order valence-electron chi connectivity index (χ3n) is 3.86. The van der Waals surface area contributed by atoms with Gasteiger partial charge in [0.05, 0.1) is 5.56 Å². The lowest BCUT2D eigenvalue weighted by atomic mass is 9.78. The van der Waals surface area contributed by atoms with Crippen molar-refractivity contribution >= 4 is 17.6 Å². The van der Waals surface area contributed by atoms with E-state index >= 15 is 0 Å². The second kappa shape index (κ2) is 6.37. The van der Waals surface area contributed by atoms with Crippen molar-refractivity contribution in [1.82, 2.24) is 0 Å². The molecular formula is C15H15F3NO3-. The summed E-state index contributed by atoms with van der Waals surface area (Å²) in [6.07, 6.45) is -2.35. The molecule has 0 unspecified atom stereocenters. The van der Waals surface area contributed by atoms with Crippen molar-refractivity contribution in [1.29, 1.82) is 0 Å². The molecule has 4 nitrogen and oxygen atoms in total. The van der Waals surface area contributed by atoms with Gasteiger partial charge in [0.2, 0.25) is 5.91 Å². The highest BCUT2D eigenvalue weighted by Gasteiger charge is 2.33. The average molecular weight is 314 g/mol. The third kappa shape index (κ3) is 3.78. The van der Waals surface area contributed by atoms with Crippen molar-refractivity contribution in [3.05, 3.63) is 29.8 Å². The Balaban J connectivity index is 2.12. The van der Waals surface area contributed by atoms with Crippen LogP contribution in [0.4, 0.5) is 18.9 Å². The number of aliphatic carboxylic acids is 1. The predicted molar refractivity (Wildman–Crippen MR) is 70.5 cm³/mol. The highest BCUT2D eigenvalue weighted by Crippen LogP contribution is 2.33. The second-order valence-electron chi connectivity index (χ2n) is 5.38. The number of amides is 1. The summed E-state index contributed by atoms with van der Waals surface area (Å²) in [5.41, 5.74) is -0.868. The zero-order valence-corrected chi connectivity index (χ0v) is 11.7. The quantitative estimate of drug-likeness (QED) is 0.930. The number of carbonyl (C=O) groups excluding carboxylic acids is 2. The lowest BCUT2D eigenvalue weighted by Crippen LogP contribution is -2.42. The van der Waals surface area contributed by atoms with Crippen LogP contribution in [0.5, 0.6) is 0 Å². The van der Waals surface area contributed by atoms with Crippen LogP contribution in [-0.2, 0) is 15.8 Å². The number of alkyl halides is 3. The number of carbonyl (C=O) groups is 2. The van der Waals surface area contributed by atoms with Gasteiger partial charge in [-0.25, -0.2) is 0 Å². The number of nitrogens with one attached hydrogen (secondary N) is 1. The molecule has 0 aromatic heterocycles. The van der Waals surface area contributed by atoms with E-state index in [0.29, 0.717) is 25.7 Å². The fourth-order valence-corrected chi connectivity index (χ4v) is 2.74. The molecule has 22 heavy (non-hydrogen) atoms. The number of rotatable bonds is 3. The molecule has 0 bridgehead atoms. The molecule has 1 fully saturated rings. The zero-order chi connectivity index (χ0) is 16.3. The van der Waals surface area contributed by atoms with Crippen LogP contribution < -0.4 is 10.4 Å². The number of hydrogen-bond acceptors (Lipinski definition) is 3. The van der Waals surface area contributed by atoms with Gasteiger partial charge in [-0.05, 0) is 31.0 Å². The topological polar surface area (TPSA) is 69.2 Å². The molecule has 2 rings (SSSR count). The number of benzene rings is 1. The number of halogens is 3. The summed E-state index contributed by atoms with van der Waals surface area (Å²) in [6, 6.07) is 4.26. The Hall–Kier alpha value is -2.05. The average Bonchev–Trinajstić information content (AvgIpc) is 2.46. The molecule has 0 radical (unpaired) electrons. The van der Waals surface area contributed by atoms with Gasteiger partial charge in [-0.3, -0.25) is 4.79 Å². The fraction of sp³-hybridized carbons (Fsp3) is 0.467. The first-order valence-corrected chi connectivity index (χ1v) is 6.98. The minimum atomic E-state index is -4.50. The van der Waals surface area contributed by atoms with Crippen molar-refractivity contribution in [2.45, 2.75) is 31.9 Å². The maximum atomic E-state index is 12.6. The van der Waals surface area contributed by atoms with Crippen LogP contribution in [0.15, 0.2) is 24.3 Å². The van der Waals surface area contributed by atoms with Crippen molar-refractivity contribution in [2.75, 3.05) is 5.32 Å². The van der Waals surface area contributed by atoms with Gasteiger partial charge in [0, 0.05) is 23.5 Å². The van der Waals surface area contributed by atoms with Crippen molar-refractivity contribution < 1.29 is 27.9 Å². The van der Waals surface area contributed by atoms with Gasteiger partial charge < -0.3 is 15.2 Å². The van der Waals surface area contributed by atoms with Gasteiger partial charge in [0.1, 0.15) is 0 Å². The van der Waals surface area contributed by atoms with Gasteiger partial charge in [-0.1, -0.05) is 18.9 Å². The molecule has 1 aromatic rings. The highest BCUT2D eigenvalue weighted by molar-refractivity contribution is 5.95. The van der Waals surface area contributed by atoms with Crippen LogP contribution in [0.1, 0.15) is 31.2 Å². The Bertz CT molecular complexity index is 571. The summed E-state index contributed by atoms with van der Waals surface area (Å²) in [4.78, 5) is 23.2. The van der Waals surface area contributed by atoms with E-state index < -0.39 is 35.5 Å². The molecule has 1 aliphatic carbocycles. The zero-order valence-electron chi connectivity index (χ0n) is 11.7. The van der Waals surface area contributed by atoms with Crippen LogP contribution in [0.2, 0.25) is 0 Å². The van der Waals surface area contributed by atoms with Crippen LogP contribution >= 0.6 is 0 Å². The van der Waals surface area contributed by atoms with E-state index in [0.717, 1.165) is 12.1 Å². The summed E-state index contributed by atoms with van der Waals surface area (Å²) in [6.45, 7) is 0. The fourth-order valence-electron chi connectivity index (χ4n) is 2.74. The van der Waals surface area contributed by atoms with E-state index in [1.54, 1.807) is 0 Å². The molecule has 0 saturated heterocycles. The van der Waals surface area contributed by atoms with Crippen molar-refractivity contribution in [3.63, 3.8) is 0 Å². The molecule has 1 aliphatic rings. The summed E-state index contributed by atoms with van der Waals surface area (Å²) >= 11 is 0. The molecule has 0 aliphatic heterocycles. The number of hydrogen-bond donors (Lipinski definition) is 1. The Labute approximate surface area is 125 Å². The van der Waals surface area contributed by atoms with Gasteiger partial charge in [-0.15, -0.1) is 0 Å². The largest absolute Gasteiger partial charge is 0.550 e. The summed E-state index contributed by atoms with van der Waals surface area (Å²) in [5.74, 6) is -3.52. The lowest BCUT2D eigenvalue weighted by Gasteiger charge is -2.31. The first-order chi connectivity index (χ1) is 10.3. The Morgan fingerprint density at radius 3 is 2.36 bits per heavy atom. The smallest absolute Gasteiger partial charge is 0.416 e. The molecule has 0 spiro atoms. The SMILES string of the molecule is O=C(Nc1cccc(C(F)(F)F)c1)[C@H]1CCCC[C@H]1C(=O)[O-]. The van der Waals surface area contributed by atoms with Crippen molar-refractivity contribution in [2.24, 2.45) is 11.8 Å². The first kappa shape index (κ1) is 16.3. The molecule has 1 saturated carbocycles. The van der Waals surface area contributed by atoms with Gasteiger partial charge in [0.25, 0.3) is 0 Å². The molecule has 1 aromatic carbocycles. The minimum absolute atomic E-state index is 0.00231. The van der Waals surface area contributed by atoms with E-state index in [4.69, 9.17) is 0 Å². The van der Waals surface area contributed by atoms with Crippen LogP contribution in [0, 0.1) is 11.8 Å². The lowest BCUT2D eigenvalue weighted by molar-refractivity contribution is -0.313. The van der Waals surface area contributed by atoms with Gasteiger partial charge in [0.15, 0.2) is 0 Å². The third-order valence-corrected chi connectivity index (χ3v) is 3.86.